The number of alkyl halides is 3. The van der Waals surface area contributed by atoms with Crippen LogP contribution >= 0.6 is 58.1 Å². The third-order valence-corrected chi connectivity index (χ3v) is 10.8. The Morgan fingerprint density at radius 1 is 0.629 bits per heavy atom. The summed E-state index contributed by atoms with van der Waals surface area (Å²) in [6.07, 6.45) is 16.6. The van der Waals surface area contributed by atoms with Crippen molar-refractivity contribution in [3.05, 3.63) is 155 Å². The van der Waals surface area contributed by atoms with E-state index in [0.717, 1.165) is 60.7 Å². The molecule has 389 valence electrons. The second kappa shape index (κ2) is 37.2. The Hall–Kier alpha value is -2.57. The van der Waals surface area contributed by atoms with Crippen molar-refractivity contribution in [2.75, 3.05) is 13.1 Å². The number of benzene rings is 2. The number of carbonyl (C=O) groups excluding carboxylic acids is 3. The molecule has 4 heterocycles. The average molecular weight is 1670 g/mol. The van der Waals surface area contributed by atoms with E-state index in [1.165, 1.54) is 47.6 Å². The van der Waals surface area contributed by atoms with Crippen LogP contribution in [0.25, 0.3) is 44.7 Å². The van der Waals surface area contributed by atoms with Crippen molar-refractivity contribution < 1.29 is 60.0 Å². The maximum Gasteiger partial charge on any atom is -0.0548 e. The summed E-state index contributed by atoms with van der Waals surface area (Å²) in [6, 6.07) is 23.5. The molecule has 2 aromatic carbocycles. The molecule has 2 aliphatic carbocycles. The second-order valence-electron chi connectivity index (χ2n) is 15.8. The van der Waals surface area contributed by atoms with Crippen LogP contribution in [-0.2, 0) is 67.4 Å². The number of fused-ring (bicyclic) bond motifs is 2. The largest absolute Gasteiger partial charge is 0.676 e. The van der Waals surface area contributed by atoms with Crippen molar-refractivity contribution >= 4 is 97.6 Å². The number of aliphatic carboxylic acids is 1. The van der Waals surface area contributed by atoms with E-state index in [2.05, 4.69) is 129 Å². The van der Waals surface area contributed by atoms with Crippen molar-refractivity contribution in [1.82, 2.24) is 30.6 Å². The number of carbonyl (C=O) groups is 3. The summed E-state index contributed by atoms with van der Waals surface area (Å²) in [5.41, 5.74) is 35.9. The van der Waals surface area contributed by atoms with Crippen LogP contribution in [0.2, 0.25) is 0 Å². The number of carboxylic acid groups (broad SMARTS) is 1. The molecule has 70 heavy (non-hydrogen) atoms. The fourth-order valence-corrected chi connectivity index (χ4v) is 7.11. The summed E-state index contributed by atoms with van der Waals surface area (Å²) < 4.78 is 31.5. The van der Waals surface area contributed by atoms with Crippen molar-refractivity contribution in [1.29, 1.82) is 0 Å². The van der Waals surface area contributed by atoms with Gasteiger partial charge in [0.15, 0.2) is 0 Å². The first-order valence-corrected chi connectivity index (χ1v) is 41.4. The van der Waals surface area contributed by atoms with Gasteiger partial charge in [-0.1, -0.05) is 87.8 Å². The molecule has 8 N–H and O–H groups in total. The van der Waals surface area contributed by atoms with Crippen LogP contribution in [-0.4, -0.2) is 81.2 Å². The van der Waals surface area contributed by atoms with Crippen LogP contribution in [0.5, 0.6) is 0 Å². The monoisotopic (exact) mass is 1670 g/mol. The molecule has 22 heteroatoms. The van der Waals surface area contributed by atoms with Gasteiger partial charge in [-0.15, -0.1) is 0 Å². The van der Waals surface area contributed by atoms with Crippen molar-refractivity contribution in [3.8, 4) is 0 Å². The molecule has 14 nitrogen and oxygen atoms in total. The van der Waals surface area contributed by atoms with Gasteiger partial charge in [0.2, 0.25) is 11.8 Å². The Balaban J connectivity index is 0.000000316. The number of pyridine rings is 2. The van der Waals surface area contributed by atoms with Crippen molar-refractivity contribution in [3.63, 3.8) is 0 Å². The molecule has 0 aliphatic heterocycles. The molecule has 4 aromatic heterocycles. The van der Waals surface area contributed by atoms with Gasteiger partial charge in [0.1, 0.15) is 5.97 Å². The first-order valence-electron chi connectivity index (χ1n) is 22.1. The number of amides is 2. The molecule has 0 unspecified atom stereocenters. The van der Waals surface area contributed by atoms with E-state index in [4.69, 9.17) is 32.8 Å². The molecule has 2 fully saturated rings. The maximum absolute atomic E-state index is 11.9. The topological polar surface area (TPSA) is 251 Å². The Bertz CT molecular complexity index is 2190. The number of H-pyrrole nitrogens is 2. The smallest absolute Gasteiger partial charge is 0.0548 e. The number of halogens is 6. The SMILES string of the molecule is O=C(Cc1ccncc1)NCCc1c[nH]c2ccccc12.O=C(Cc1ccncc1)NCCc1c[nH]c2ccccc12.O=C([O-])C(F)(F)F.[I][Pt+2][I].[I][Pt].[NH-][C@@H]1CCCC[C@H]1[NH-].[NH-][C@@H]1CCCC[C@H]1[NH-]. The third kappa shape index (κ3) is 26.4. The quantitative estimate of drug-likeness (QED) is 0.0970. The van der Waals surface area contributed by atoms with E-state index in [9.17, 15) is 22.8 Å². The molecule has 2 amide bonds. The predicted octanol–water partition coefficient (Wildman–Crippen LogP) is 11.7. The second-order valence-corrected chi connectivity index (χ2v) is 32.4. The van der Waals surface area contributed by atoms with Crippen molar-refractivity contribution in [2.24, 2.45) is 0 Å². The standard InChI is InChI=1S/2C17H17N3O.2C6H12N2.C2HF3O2.3HI.2Pt/c2*21-17(11-13-5-8-18-9-6-13)19-10-7-14-12-20-16-4-2-1-3-15(14)16;2*7-5-3-1-2-4-6(5)8;3-2(4,5)1(6)7;;;;;/h2*1-6,8-9,12,20H,7,10-11H2,(H,19,21);2*5-8H,1-4H2;(H,6,7);3*1H;;/q;;2*-2;;;;;+1;+4/p-4/t;;2*5-,6-;;;;;;/m..11....../s1. The minimum atomic E-state index is -5.19. The van der Waals surface area contributed by atoms with Gasteiger partial charge < -0.3 is 53.4 Å². The minimum Gasteiger partial charge on any atom is -0.676 e. The number of aromatic nitrogens is 4. The summed E-state index contributed by atoms with van der Waals surface area (Å²) in [5, 5.41) is 17.2. The van der Waals surface area contributed by atoms with Crippen LogP contribution in [0, 0.1) is 0 Å². The number of rotatable bonds is 10. The molecule has 0 saturated heterocycles. The minimum absolute atomic E-state index is 0.0426. The van der Waals surface area contributed by atoms with Gasteiger partial charge in [0, 0.05) is 72.1 Å². The van der Waals surface area contributed by atoms with Crippen molar-refractivity contribution in [2.45, 2.75) is 107 Å². The van der Waals surface area contributed by atoms with Gasteiger partial charge in [-0.3, -0.25) is 19.6 Å². The van der Waals surface area contributed by atoms with Gasteiger partial charge in [0.05, 0.1) is 12.8 Å². The van der Waals surface area contributed by atoms with E-state index in [0.29, 0.717) is 37.1 Å². The zero-order valence-electron chi connectivity index (χ0n) is 38.0. The molecule has 6 aromatic rings. The maximum atomic E-state index is 11.9. The van der Waals surface area contributed by atoms with Crippen LogP contribution in [0.3, 0.4) is 0 Å². The van der Waals surface area contributed by atoms with Crippen LogP contribution in [0.15, 0.2) is 110 Å². The first-order chi connectivity index (χ1) is 33.6. The molecule has 0 radical (unpaired) electrons. The first kappa shape index (κ1) is 63.5. The number of carboxylic acids is 1. The molecule has 0 spiro atoms. The fourth-order valence-electron chi connectivity index (χ4n) is 7.11. The zero-order chi connectivity index (χ0) is 51.7. The van der Waals surface area contributed by atoms with Crippen LogP contribution in [0.1, 0.15) is 73.6 Å². The molecule has 0 bridgehead atoms. The Morgan fingerprint density at radius 2 is 0.929 bits per heavy atom. The number of nitrogens with one attached hydrogen (secondary N) is 8. The molecule has 2 saturated carbocycles. The molecule has 2 aliphatic rings. The van der Waals surface area contributed by atoms with E-state index >= 15 is 0 Å². The summed E-state index contributed by atoms with van der Waals surface area (Å²) >= 11 is 9.53. The van der Waals surface area contributed by atoms with E-state index < -0.39 is 12.1 Å². The van der Waals surface area contributed by atoms with E-state index in [1.54, 1.807) is 24.8 Å². The molecule has 4 atom stereocenters. The number of aromatic amines is 2. The summed E-state index contributed by atoms with van der Waals surface area (Å²) in [7, 11) is 0. The van der Waals surface area contributed by atoms with Gasteiger partial charge in [-0.25, -0.2) is 0 Å². The summed E-state index contributed by atoms with van der Waals surface area (Å²) in [4.78, 5) is 46.9. The Labute approximate surface area is 459 Å². The van der Waals surface area contributed by atoms with Gasteiger partial charge in [-0.05, 0) is 71.5 Å². The van der Waals surface area contributed by atoms with Gasteiger partial charge >= 0.3 is 91.6 Å². The summed E-state index contributed by atoms with van der Waals surface area (Å²) in [6.45, 7) is 1.29. The molecular weight excluding hydrogens is 1610 g/mol. The normalized spacial score (nSPS) is 17.0. The van der Waals surface area contributed by atoms with Crippen LogP contribution in [0.4, 0.5) is 13.2 Å². The number of hydrogen-bond donors (Lipinski definition) is 4. The predicted molar refractivity (Wildman–Crippen MR) is 288 cm³/mol. The zero-order valence-corrected chi connectivity index (χ0v) is 49.0. The third-order valence-electron chi connectivity index (χ3n) is 10.8. The van der Waals surface area contributed by atoms with Crippen LogP contribution < -0.4 is 15.7 Å². The summed E-state index contributed by atoms with van der Waals surface area (Å²) in [5.74, 6) is -2.92. The van der Waals surface area contributed by atoms with E-state index in [1.807, 2.05) is 60.9 Å². The average Bonchev–Trinajstić information content (AvgIpc) is 3.97. The Kier molecular flexibility index (Phi) is 33.8. The molecule has 8 rings (SSSR count). The fraction of sp³-hybridized carbons (Fsp3) is 0.396. The Morgan fingerprint density at radius 3 is 1.21 bits per heavy atom. The van der Waals surface area contributed by atoms with Gasteiger partial charge in [-0.2, -0.15) is 37.3 Å². The van der Waals surface area contributed by atoms with E-state index in [-0.39, 0.29) is 36.0 Å². The number of nitrogens with zero attached hydrogens (tertiary/aromatic N) is 2. The van der Waals surface area contributed by atoms with Gasteiger partial charge in [0.25, 0.3) is 0 Å². The molecular formula is C48H58F3I3N10O4Pt2-3. The number of para-hydroxylation sites is 2. The number of hydrogen-bond acceptors (Lipinski definition) is 6.